The molecule has 1 aromatic rings. The molecule has 1 amide bonds. The SMILES string of the molecule is COC(=O)C1CC2(CN1C(=O)OCc1ccccc1)SCCS2. The number of hydrogen-bond acceptors (Lipinski definition) is 6. The van der Waals surface area contributed by atoms with E-state index in [0.717, 1.165) is 17.1 Å². The highest BCUT2D eigenvalue weighted by molar-refractivity contribution is 8.21. The fraction of sp³-hybridized carbons (Fsp3) is 0.500. The number of carbonyl (C=O) groups excluding carboxylic acids is 2. The van der Waals surface area contributed by atoms with E-state index in [0.29, 0.717) is 13.0 Å². The lowest BCUT2D eigenvalue weighted by atomic mass is 10.2. The maximum absolute atomic E-state index is 12.5. The number of likely N-dealkylation sites (tertiary alicyclic amines) is 1. The van der Waals surface area contributed by atoms with Crippen molar-refractivity contribution in [2.24, 2.45) is 0 Å². The van der Waals surface area contributed by atoms with Crippen LogP contribution in [0.2, 0.25) is 0 Å². The first kappa shape index (κ1) is 16.5. The summed E-state index contributed by atoms with van der Waals surface area (Å²) in [5, 5.41) is 0. The van der Waals surface area contributed by atoms with Crippen molar-refractivity contribution < 1.29 is 19.1 Å². The predicted octanol–water partition coefficient (Wildman–Crippen LogP) is 2.75. The Bertz CT molecular complexity index is 575. The molecule has 0 saturated carbocycles. The number of carbonyl (C=O) groups is 2. The fourth-order valence-electron chi connectivity index (χ4n) is 2.89. The second-order valence-corrected chi connectivity index (χ2v) is 8.73. The van der Waals surface area contributed by atoms with Crippen molar-refractivity contribution >= 4 is 35.6 Å². The Morgan fingerprint density at radius 2 is 1.96 bits per heavy atom. The molecular formula is C16H19NO4S2. The number of thioether (sulfide) groups is 2. The standard InChI is InChI=1S/C16H19NO4S2/c1-20-14(18)13-9-16(22-7-8-23-16)11-17(13)15(19)21-10-12-5-3-2-4-6-12/h2-6,13H,7-11H2,1H3. The Morgan fingerprint density at radius 3 is 2.61 bits per heavy atom. The van der Waals surface area contributed by atoms with Crippen molar-refractivity contribution in [3.8, 4) is 0 Å². The molecule has 2 heterocycles. The highest BCUT2D eigenvalue weighted by atomic mass is 32.2. The molecule has 3 rings (SSSR count). The molecule has 2 aliphatic heterocycles. The third kappa shape index (κ3) is 3.61. The Balaban J connectivity index is 1.67. The molecule has 1 aromatic carbocycles. The van der Waals surface area contributed by atoms with Gasteiger partial charge in [0.2, 0.25) is 0 Å². The van der Waals surface area contributed by atoms with E-state index in [2.05, 4.69) is 0 Å². The van der Waals surface area contributed by atoms with Crippen LogP contribution in [0.15, 0.2) is 30.3 Å². The Labute approximate surface area is 144 Å². The first-order valence-corrected chi connectivity index (χ1v) is 9.44. The van der Waals surface area contributed by atoms with Gasteiger partial charge in [-0.15, -0.1) is 23.5 Å². The minimum Gasteiger partial charge on any atom is -0.467 e. The van der Waals surface area contributed by atoms with Gasteiger partial charge in [0.05, 0.1) is 11.2 Å². The number of benzene rings is 1. The normalized spacial score (nSPS) is 22.3. The highest BCUT2D eigenvalue weighted by Gasteiger charge is 2.52. The summed E-state index contributed by atoms with van der Waals surface area (Å²) in [7, 11) is 1.36. The van der Waals surface area contributed by atoms with Crippen molar-refractivity contribution in [3.63, 3.8) is 0 Å². The first-order valence-electron chi connectivity index (χ1n) is 7.47. The van der Waals surface area contributed by atoms with Crippen LogP contribution in [0.5, 0.6) is 0 Å². The summed E-state index contributed by atoms with van der Waals surface area (Å²) < 4.78 is 10.2. The predicted molar refractivity (Wildman–Crippen MR) is 91.4 cm³/mol. The maximum atomic E-state index is 12.5. The van der Waals surface area contributed by atoms with E-state index in [-0.39, 0.29) is 16.7 Å². The van der Waals surface area contributed by atoms with E-state index >= 15 is 0 Å². The fourth-order valence-corrected chi connectivity index (χ4v) is 6.14. The number of ether oxygens (including phenoxy) is 2. The van der Waals surface area contributed by atoms with Gasteiger partial charge in [-0.3, -0.25) is 4.90 Å². The molecule has 0 N–H and O–H groups in total. The van der Waals surface area contributed by atoms with Gasteiger partial charge in [-0.1, -0.05) is 30.3 Å². The summed E-state index contributed by atoms with van der Waals surface area (Å²) in [6.07, 6.45) is 0.171. The Hall–Kier alpha value is -1.34. The minimum absolute atomic E-state index is 0.0926. The molecular weight excluding hydrogens is 334 g/mol. The lowest BCUT2D eigenvalue weighted by Gasteiger charge is -2.22. The van der Waals surface area contributed by atoms with Crippen LogP contribution < -0.4 is 0 Å². The average molecular weight is 353 g/mol. The molecule has 124 valence electrons. The van der Waals surface area contributed by atoms with Crippen molar-refractivity contribution in [1.82, 2.24) is 4.90 Å². The summed E-state index contributed by atoms with van der Waals surface area (Å²) in [5.74, 6) is 1.73. The van der Waals surface area contributed by atoms with E-state index in [4.69, 9.17) is 9.47 Å². The zero-order valence-corrected chi connectivity index (χ0v) is 14.5. The molecule has 0 aliphatic carbocycles. The lowest BCUT2D eigenvalue weighted by molar-refractivity contribution is -0.145. The zero-order chi connectivity index (χ0) is 16.3. The van der Waals surface area contributed by atoms with Gasteiger partial charge in [-0.25, -0.2) is 9.59 Å². The van der Waals surface area contributed by atoms with Crippen LogP contribution >= 0.6 is 23.5 Å². The maximum Gasteiger partial charge on any atom is 0.410 e. The molecule has 7 heteroatoms. The van der Waals surface area contributed by atoms with Gasteiger partial charge in [0.15, 0.2) is 0 Å². The van der Waals surface area contributed by atoms with Crippen LogP contribution in [0.1, 0.15) is 12.0 Å². The van der Waals surface area contributed by atoms with Gasteiger partial charge < -0.3 is 9.47 Å². The molecule has 0 bridgehead atoms. The monoisotopic (exact) mass is 353 g/mol. The molecule has 1 atom stereocenters. The highest BCUT2D eigenvalue weighted by Crippen LogP contribution is 2.52. The first-order chi connectivity index (χ1) is 11.1. The molecule has 2 fully saturated rings. The summed E-state index contributed by atoms with van der Waals surface area (Å²) in [6.45, 7) is 0.729. The second-order valence-electron chi connectivity index (χ2n) is 5.52. The molecule has 5 nitrogen and oxygen atoms in total. The topological polar surface area (TPSA) is 55.8 Å². The van der Waals surface area contributed by atoms with Gasteiger partial charge >= 0.3 is 12.1 Å². The summed E-state index contributed by atoms with van der Waals surface area (Å²) in [6, 6.07) is 8.96. The van der Waals surface area contributed by atoms with Crippen molar-refractivity contribution in [2.75, 3.05) is 25.2 Å². The molecule has 1 unspecified atom stereocenters. The number of hydrogen-bond donors (Lipinski definition) is 0. The van der Waals surface area contributed by atoms with Gasteiger partial charge in [0.25, 0.3) is 0 Å². The quantitative estimate of drug-likeness (QED) is 0.779. The average Bonchev–Trinajstić information content (AvgIpc) is 3.20. The Kier molecular flexibility index (Phi) is 5.06. The van der Waals surface area contributed by atoms with Crippen LogP contribution in [-0.4, -0.2) is 52.2 Å². The van der Waals surface area contributed by atoms with Crippen LogP contribution in [0.3, 0.4) is 0 Å². The van der Waals surface area contributed by atoms with Gasteiger partial charge in [0.1, 0.15) is 12.6 Å². The van der Waals surface area contributed by atoms with Crippen molar-refractivity contribution in [2.45, 2.75) is 23.1 Å². The van der Waals surface area contributed by atoms with Crippen molar-refractivity contribution in [1.29, 1.82) is 0 Å². The van der Waals surface area contributed by atoms with E-state index in [1.165, 1.54) is 12.0 Å². The van der Waals surface area contributed by atoms with Crippen LogP contribution in [0.4, 0.5) is 4.79 Å². The largest absolute Gasteiger partial charge is 0.467 e. The molecule has 23 heavy (non-hydrogen) atoms. The summed E-state index contributed by atoms with van der Waals surface area (Å²) in [4.78, 5) is 26.0. The third-order valence-corrected chi connectivity index (χ3v) is 7.44. The molecule has 2 saturated heterocycles. The Morgan fingerprint density at radius 1 is 1.26 bits per heavy atom. The minimum atomic E-state index is -0.554. The van der Waals surface area contributed by atoms with E-state index < -0.39 is 12.1 Å². The van der Waals surface area contributed by atoms with Crippen LogP contribution in [0.25, 0.3) is 0 Å². The number of esters is 1. The molecule has 0 aromatic heterocycles. The number of methoxy groups -OCH3 is 1. The van der Waals surface area contributed by atoms with Crippen LogP contribution in [0, 0.1) is 0 Å². The van der Waals surface area contributed by atoms with Gasteiger partial charge in [-0.05, 0) is 5.56 Å². The second kappa shape index (κ2) is 7.05. The number of rotatable bonds is 3. The van der Waals surface area contributed by atoms with Crippen LogP contribution in [-0.2, 0) is 20.9 Å². The smallest absolute Gasteiger partial charge is 0.410 e. The summed E-state index contributed by atoms with van der Waals surface area (Å²) >= 11 is 3.65. The summed E-state index contributed by atoms with van der Waals surface area (Å²) in [5.41, 5.74) is 0.925. The molecule has 2 aliphatic rings. The molecule has 1 spiro atoms. The van der Waals surface area contributed by atoms with E-state index in [1.54, 1.807) is 0 Å². The number of nitrogens with zero attached hydrogens (tertiary/aromatic N) is 1. The van der Waals surface area contributed by atoms with E-state index in [1.807, 2.05) is 53.9 Å². The number of amides is 1. The van der Waals surface area contributed by atoms with Gasteiger partial charge in [0, 0.05) is 24.5 Å². The lowest BCUT2D eigenvalue weighted by Crippen LogP contribution is -2.41. The zero-order valence-electron chi connectivity index (χ0n) is 12.9. The van der Waals surface area contributed by atoms with Crippen molar-refractivity contribution in [3.05, 3.63) is 35.9 Å². The molecule has 0 radical (unpaired) electrons. The van der Waals surface area contributed by atoms with E-state index in [9.17, 15) is 9.59 Å². The van der Waals surface area contributed by atoms with Gasteiger partial charge in [-0.2, -0.15) is 0 Å². The third-order valence-electron chi connectivity index (χ3n) is 4.02.